The van der Waals surface area contributed by atoms with Gasteiger partial charge in [-0.15, -0.1) is 0 Å². The van der Waals surface area contributed by atoms with Crippen molar-refractivity contribution in [1.82, 2.24) is 9.78 Å². The molecule has 1 saturated carbocycles. The van der Waals surface area contributed by atoms with Crippen LogP contribution in [0.15, 0.2) is 12.1 Å². The highest BCUT2D eigenvalue weighted by molar-refractivity contribution is 6.34. The van der Waals surface area contributed by atoms with E-state index >= 15 is 0 Å². The predicted octanol–water partition coefficient (Wildman–Crippen LogP) is 3.93. The smallest absolute Gasteiger partial charge is 0.360 e. The van der Waals surface area contributed by atoms with Crippen LogP contribution < -0.4 is 4.74 Å². The number of esters is 1. The first-order valence-corrected chi connectivity index (χ1v) is 8.29. The van der Waals surface area contributed by atoms with Crippen molar-refractivity contribution in [2.45, 2.75) is 32.2 Å². The summed E-state index contributed by atoms with van der Waals surface area (Å²) in [5.41, 5.74) is 0.397. The van der Waals surface area contributed by atoms with E-state index in [-0.39, 0.29) is 34.5 Å². The Hall–Kier alpha value is -2.15. The number of aromatic nitrogens is 2. The van der Waals surface area contributed by atoms with Crippen molar-refractivity contribution in [3.05, 3.63) is 45.7 Å². The molecule has 1 heterocycles. The van der Waals surface area contributed by atoms with Crippen LogP contribution in [0, 0.1) is 11.6 Å². The van der Waals surface area contributed by atoms with Crippen molar-refractivity contribution in [3.8, 4) is 5.75 Å². The lowest BCUT2D eigenvalue weighted by atomic mass is 10.1. The number of methoxy groups -OCH3 is 1. The number of carbonyl (C=O) groups is 1. The third-order valence-electron chi connectivity index (χ3n) is 4.01. The number of halogens is 3. The molecule has 0 bridgehead atoms. The van der Waals surface area contributed by atoms with Crippen LogP contribution in [0.4, 0.5) is 8.78 Å². The lowest BCUT2D eigenvalue weighted by Crippen LogP contribution is -2.11. The number of nitrogens with zero attached hydrogens (tertiary/aromatic N) is 2. The average molecular weight is 371 g/mol. The van der Waals surface area contributed by atoms with E-state index < -0.39 is 17.6 Å². The van der Waals surface area contributed by atoms with Crippen molar-refractivity contribution in [2.24, 2.45) is 0 Å². The molecule has 1 aromatic carbocycles. The highest BCUT2D eigenvalue weighted by Gasteiger charge is 2.34. The molecule has 1 fully saturated rings. The van der Waals surface area contributed by atoms with Gasteiger partial charge in [0, 0.05) is 23.6 Å². The van der Waals surface area contributed by atoms with Gasteiger partial charge in [-0.3, -0.25) is 4.68 Å². The molecule has 0 aliphatic heterocycles. The van der Waals surface area contributed by atoms with Crippen LogP contribution in [0.1, 0.15) is 47.4 Å². The van der Waals surface area contributed by atoms with Gasteiger partial charge in [-0.25, -0.2) is 13.6 Å². The van der Waals surface area contributed by atoms with Crippen molar-refractivity contribution >= 4 is 17.6 Å². The maximum atomic E-state index is 14.3. The van der Waals surface area contributed by atoms with Gasteiger partial charge in [-0.2, -0.15) is 5.10 Å². The minimum Gasteiger partial charge on any atom is -0.494 e. The van der Waals surface area contributed by atoms with Gasteiger partial charge in [-0.05, 0) is 19.8 Å². The van der Waals surface area contributed by atoms with Gasteiger partial charge in [0.25, 0.3) is 0 Å². The maximum Gasteiger partial charge on any atom is 0.360 e. The molecular weight excluding hydrogens is 354 g/mol. The van der Waals surface area contributed by atoms with E-state index in [2.05, 4.69) is 9.84 Å². The zero-order chi connectivity index (χ0) is 18.1. The molecule has 0 atom stereocenters. The number of carbonyl (C=O) groups excluding carboxylic acids is 1. The van der Waals surface area contributed by atoms with Crippen LogP contribution in [0.3, 0.4) is 0 Å². The number of ether oxygens (including phenoxy) is 2. The van der Waals surface area contributed by atoms with Crippen molar-refractivity contribution in [1.29, 1.82) is 0 Å². The molecule has 0 N–H and O–H groups in total. The summed E-state index contributed by atoms with van der Waals surface area (Å²) >= 11 is 6.26. The lowest BCUT2D eigenvalue weighted by molar-refractivity contribution is 0.0593. The molecule has 0 spiro atoms. The van der Waals surface area contributed by atoms with Gasteiger partial charge in [0.05, 0.1) is 31.0 Å². The van der Waals surface area contributed by atoms with Gasteiger partial charge in [0.1, 0.15) is 17.4 Å². The Bertz CT molecular complexity index is 795. The second-order valence-electron chi connectivity index (χ2n) is 5.77. The Kier molecular flexibility index (Phi) is 4.94. The molecule has 3 rings (SSSR count). The summed E-state index contributed by atoms with van der Waals surface area (Å²) < 4.78 is 39.8. The molecule has 134 valence electrons. The highest BCUT2D eigenvalue weighted by atomic mass is 35.5. The third kappa shape index (κ3) is 3.46. The quantitative estimate of drug-likeness (QED) is 0.723. The molecule has 1 aliphatic rings. The van der Waals surface area contributed by atoms with Gasteiger partial charge >= 0.3 is 5.97 Å². The first-order chi connectivity index (χ1) is 12.0. The first-order valence-electron chi connectivity index (χ1n) is 7.91. The van der Waals surface area contributed by atoms with E-state index in [0.717, 1.165) is 25.0 Å². The molecule has 0 amide bonds. The first kappa shape index (κ1) is 17.7. The standard InChI is InChI=1S/C17H17ClF2N2O3/c1-3-25-10-6-12(19)11(13(20)7-10)8-22-16(9-4-5-9)14(18)15(21-22)17(23)24-2/h6-7,9H,3-5,8H2,1-2H3. The zero-order valence-corrected chi connectivity index (χ0v) is 14.6. The Balaban J connectivity index is 1.99. The third-order valence-corrected chi connectivity index (χ3v) is 4.38. The second-order valence-corrected chi connectivity index (χ2v) is 6.15. The molecule has 1 aromatic heterocycles. The lowest BCUT2D eigenvalue weighted by Gasteiger charge is -2.11. The monoisotopic (exact) mass is 370 g/mol. The SMILES string of the molecule is CCOc1cc(F)c(Cn2nc(C(=O)OC)c(Cl)c2C2CC2)c(F)c1. The van der Waals surface area contributed by atoms with Crippen molar-refractivity contribution in [2.75, 3.05) is 13.7 Å². The molecule has 8 heteroatoms. The molecule has 25 heavy (non-hydrogen) atoms. The second kappa shape index (κ2) is 7.00. The van der Waals surface area contributed by atoms with Crippen LogP contribution in [-0.4, -0.2) is 29.5 Å². The zero-order valence-electron chi connectivity index (χ0n) is 13.8. The largest absolute Gasteiger partial charge is 0.494 e. The summed E-state index contributed by atoms with van der Waals surface area (Å²) in [4.78, 5) is 11.8. The predicted molar refractivity (Wildman–Crippen MR) is 87.2 cm³/mol. The van der Waals surface area contributed by atoms with Gasteiger partial charge in [0.15, 0.2) is 5.69 Å². The molecular formula is C17H17ClF2N2O3. The topological polar surface area (TPSA) is 53.4 Å². The summed E-state index contributed by atoms with van der Waals surface area (Å²) in [5, 5.41) is 4.31. The van der Waals surface area contributed by atoms with Crippen LogP contribution in [0.25, 0.3) is 0 Å². The fraction of sp³-hybridized carbons (Fsp3) is 0.412. The molecule has 2 aromatic rings. The van der Waals surface area contributed by atoms with Crippen molar-refractivity contribution in [3.63, 3.8) is 0 Å². The molecule has 5 nitrogen and oxygen atoms in total. The normalized spacial score (nSPS) is 13.8. The molecule has 1 aliphatic carbocycles. The summed E-state index contributed by atoms with van der Waals surface area (Å²) in [6.07, 6.45) is 1.78. The van der Waals surface area contributed by atoms with Crippen LogP contribution in [0.5, 0.6) is 5.75 Å². The molecule has 0 unspecified atom stereocenters. The van der Waals surface area contributed by atoms with Gasteiger partial charge < -0.3 is 9.47 Å². The van der Waals surface area contributed by atoms with Crippen LogP contribution in [0.2, 0.25) is 5.02 Å². The van der Waals surface area contributed by atoms with E-state index in [1.54, 1.807) is 6.92 Å². The highest BCUT2D eigenvalue weighted by Crippen LogP contribution is 2.44. The summed E-state index contributed by atoms with van der Waals surface area (Å²) in [5.74, 6) is -1.91. The van der Waals surface area contributed by atoms with E-state index in [1.165, 1.54) is 11.8 Å². The average Bonchev–Trinajstić information content (AvgIpc) is 3.34. The van der Waals surface area contributed by atoms with E-state index in [1.807, 2.05) is 0 Å². The maximum absolute atomic E-state index is 14.3. The number of hydrogen-bond donors (Lipinski definition) is 0. The van der Waals surface area contributed by atoms with Crippen LogP contribution in [-0.2, 0) is 11.3 Å². The summed E-state index contributed by atoms with van der Waals surface area (Å²) in [6, 6.07) is 2.26. The summed E-state index contributed by atoms with van der Waals surface area (Å²) in [6.45, 7) is 1.86. The number of rotatable bonds is 6. The number of benzene rings is 1. The minimum atomic E-state index is -0.739. The van der Waals surface area contributed by atoms with Crippen LogP contribution >= 0.6 is 11.6 Å². The van der Waals surface area contributed by atoms with Gasteiger partial charge in [-0.1, -0.05) is 11.6 Å². The summed E-state index contributed by atoms with van der Waals surface area (Å²) in [7, 11) is 1.22. The minimum absolute atomic E-state index is 0.0437. The number of hydrogen-bond acceptors (Lipinski definition) is 4. The fourth-order valence-electron chi connectivity index (χ4n) is 2.68. The molecule has 0 saturated heterocycles. The fourth-order valence-corrected chi connectivity index (χ4v) is 3.04. The Morgan fingerprint density at radius 3 is 2.52 bits per heavy atom. The van der Waals surface area contributed by atoms with E-state index in [9.17, 15) is 13.6 Å². The molecule has 0 radical (unpaired) electrons. The van der Waals surface area contributed by atoms with E-state index in [0.29, 0.717) is 12.3 Å². The Morgan fingerprint density at radius 2 is 2.00 bits per heavy atom. The Labute approximate surface area is 148 Å². The Morgan fingerprint density at radius 1 is 1.36 bits per heavy atom. The van der Waals surface area contributed by atoms with Gasteiger partial charge in [0.2, 0.25) is 0 Å². The van der Waals surface area contributed by atoms with E-state index in [4.69, 9.17) is 16.3 Å². The van der Waals surface area contributed by atoms with Crippen molar-refractivity contribution < 1.29 is 23.0 Å².